The van der Waals surface area contributed by atoms with E-state index in [-0.39, 0.29) is 11.3 Å². The van der Waals surface area contributed by atoms with Crippen LogP contribution in [-0.4, -0.2) is 35.0 Å². The Balaban J connectivity index is 2.80. The zero-order chi connectivity index (χ0) is 14.6. The van der Waals surface area contributed by atoms with Crippen LogP contribution in [-0.2, 0) is 0 Å². The Bertz CT molecular complexity index is 498. The molecule has 9 heteroatoms. The predicted molar refractivity (Wildman–Crippen MR) is 65.1 cm³/mol. The van der Waals surface area contributed by atoms with E-state index in [9.17, 15) is 23.7 Å². The van der Waals surface area contributed by atoms with Crippen molar-refractivity contribution in [2.75, 3.05) is 6.54 Å². The van der Waals surface area contributed by atoms with Crippen LogP contribution in [0.4, 0.5) is 14.5 Å². The minimum atomic E-state index is -2.97. The average molecular weight is 339 g/mol. The van der Waals surface area contributed by atoms with Crippen molar-refractivity contribution in [3.8, 4) is 0 Å². The first-order chi connectivity index (χ1) is 8.81. The Kier molecular flexibility index (Phi) is 5.31. The fourth-order valence-corrected chi connectivity index (χ4v) is 1.68. The molecule has 1 aromatic rings. The second-order valence-electron chi connectivity index (χ2n) is 3.57. The molecule has 19 heavy (non-hydrogen) atoms. The number of non-ortho nitro benzene ring substituents is 1. The molecule has 0 aliphatic carbocycles. The summed E-state index contributed by atoms with van der Waals surface area (Å²) in [6.07, 6.45) is -4.96. The SMILES string of the molecule is O=C(NCC(O)C(F)F)c1cc(Br)cc([N+](=O)[O-])c1. The quantitative estimate of drug-likeness (QED) is 0.631. The topological polar surface area (TPSA) is 92.5 Å². The highest BCUT2D eigenvalue weighted by Crippen LogP contribution is 2.21. The number of halogens is 3. The number of carbonyl (C=O) groups is 1. The molecule has 0 saturated heterocycles. The number of nitrogens with one attached hydrogen (secondary N) is 1. The summed E-state index contributed by atoms with van der Waals surface area (Å²) in [4.78, 5) is 21.5. The molecule has 1 aromatic carbocycles. The number of hydrogen-bond donors (Lipinski definition) is 2. The lowest BCUT2D eigenvalue weighted by Gasteiger charge is -2.10. The minimum Gasteiger partial charge on any atom is -0.385 e. The molecule has 2 N–H and O–H groups in total. The van der Waals surface area contributed by atoms with Gasteiger partial charge >= 0.3 is 0 Å². The zero-order valence-electron chi connectivity index (χ0n) is 9.35. The number of aliphatic hydroxyl groups excluding tert-OH is 1. The van der Waals surface area contributed by atoms with Crippen LogP contribution in [0.25, 0.3) is 0 Å². The molecule has 0 spiro atoms. The highest BCUT2D eigenvalue weighted by Gasteiger charge is 2.19. The van der Waals surface area contributed by atoms with Crippen molar-refractivity contribution in [1.82, 2.24) is 5.32 Å². The zero-order valence-corrected chi connectivity index (χ0v) is 10.9. The van der Waals surface area contributed by atoms with Crippen LogP contribution >= 0.6 is 15.9 Å². The number of nitrogens with zero attached hydrogens (tertiary/aromatic N) is 1. The largest absolute Gasteiger partial charge is 0.385 e. The van der Waals surface area contributed by atoms with Crippen LogP contribution < -0.4 is 5.32 Å². The number of nitro groups is 1. The molecule has 104 valence electrons. The van der Waals surface area contributed by atoms with Crippen LogP contribution in [0, 0.1) is 10.1 Å². The molecule has 1 atom stereocenters. The predicted octanol–water partition coefficient (Wildman–Crippen LogP) is 1.71. The van der Waals surface area contributed by atoms with E-state index < -0.39 is 29.9 Å². The van der Waals surface area contributed by atoms with Crippen molar-refractivity contribution in [3.63, 3.8) is 0 Å². The van der Waals surface area contributed by atoms with Crippen molar-refractivity contribution in [2.45, 2.75) is 12.5 Å². The lowest BCUT2D eigenvalue weighted by molar-refractivity contribution is -0.385. The van der Waals surface area contributed by atoms with E-state index in [0.29, 0.717) is 4.47 Å². The molecule has 0 fully saturated rings. The molecule has 0 saturated carbocycles. The summed E-state index contributed by atoms with van der Waals surface area (Å²) < 4.78 is 24.3. The lowest BCUT2D eigenvalue weighted by atomic mass is 10.2. The van der Waals surface area contributed by atoms with Crippen molar-refractivity contribution < 1.29 is 23.6 Å². The van der Waals surface area contributed by atoms with E-state index in [4.69, 9.17) is 5.11 Å². The van der Waals surface area contributed by atoms with Gasteiger partial charge in [0.2, 0.25) is 0 Å². The summed E-state index contributed by atoms with van der Waals surface area (Å²) in [5.74, 6) is -0.788. The minimum absolute atomic E-state index is 0.0671. The molecule has 0 bridgehead atoms. The van der Waals surface area contributed by atoms with E-state index in [1.807, 2.05) is 0 Å². The number of carbonyl (C=O) groups excluding carboxylic acids is 1. The van der Waals surface area contributed by atoms with E-state index >= 15 is 0 Å². The fraction of sp³-hybridized carbons (Fsp3) is 0.300. The van der Waals surface area contributed by atoms with E-state index in [1.165, 1.54) is 12.1 Å². The van der Waals surface area contributed by atoms with Gasteiger partial charge in [-0.25, -0.2) is 8.78 Å². The Morgan fingerprint density at radius 3 is 2.63 bits per heavy atom. The molecular weight excluding hydrogens is 330 g/mol. The maximum atomic E-state index is 12.0. The average Bonchev–Trinajstić information content (AvgIpc) is 2.34. The molecule has 0 heterocycles. The Hall–Kier alpha value is -1.61. The Morgan fingerprint density at radius 1 is 1.47 bits per heavy atom. The molecule has 1 unspecified atom stereocenters. The Labute approximate surface area is 114 Å². The summed E-state index contributed by atoms with van der Waals surface area (Å²) in [7, 11) is 0. The van der Waals surface area contributed by atoms with Crippen LogP contribution in [0.1, 0.15) is 10.4 Å². The maximum Gasteiger partial charge on any atom is 0.271 e. The van der Waals surface area contributed by atoms with Gasteiger partial charge in [0.05, 0.1) is 4.92 Å². The molecule has 1 amide bonds. The number of alkyl halides is 2. The highest BCUT2D eigenvalue weighted by atomic mass is 79.9. The molecular formula is C10H9BrF2N2O4. The number of amides is 1. The van der Waals surface area contributed by atoms with Crippen molar-refractivity contribution in [2.24, 2.45) is 0 Å². The summed E-state index contributed by atoms with van der Waals surface area (Å²) in [5, 5.41) is 21.5. The van der Waals surface area contributed by atoms with Gasteiger partial charge in [-0.2, -0.15) is 0 Å². The normalized spacial score (nSPS) is 12.3. The van der Waals surface area contributed by atoms with E-state index in [0.717, 1.165) is 6.07 Å². The number of rotatable bonds is 5. The van der Waals surface area contributed by atoms with Crippen LogP contribution in [0.2, 0.25) is 0 Å². The van der Waals surface area contributed by atoms with Crippen LogP contribution in [0.3, 0.4) is 0 Å². The van der Waals surface area contributed by atoms with E-state index in [2.05, 4.69) is 21.2 Å². The molecule has 0 aromatic heterocycles. The monoisotopic (exact) mass is 338 g/mol. The number of benzene rings is 1. The number of nitro benzene ring substituents is 1. The first kappa shape index (κ1) is 15.4. The second-order valence-corrected chi connectivity index (χ2v) is 4.48. The van der Waals surface area contributed by atoms with Gasteiger partial charge in [0.25, 0.3) is 18.0 Å². The fourth-order valence-electron chi connectivity index (χ4n) is 1.20. The van der Waals surface area contributed by atoms with Gasteiger partial charge in [0, 0.05) is 28.7 Å². The number of hydrogen-bond acceptors (Lipinski definition) is 4. The molecule has 0 aliphatic rings. The molecule has 0 aliphatic heterocycles. The van der Waals surface area contributed by atoms with Gasteiger partial charge in [0.1, 0.15) is 6.10 Å². The van der Waals surface area contributed by atoms with Gasteiger partial charge in [-0.1, -0.05) is 15.9 Å². The van der Waals surface area contributed by atoms with Crippen LogP contribution in [0.15, 0.2) is 22.7 Å². The molecule has 6 nitrogen and oxygen atoms in total. The second kappa shape index (κ2) is 6.53. The van der Waals surface area contributed by atoms with Crippen molar-refractivity contribution in [1.29, 1.82) is 0 Å². The summed E-state index contributed by atoms with van der Waals surface area (Å²) in [6, 6.07) is 3.51. The van der Waals surface area contributed by atoms with Crippen LogP contribution in [0.5, 0.6) is 0 Å². The first-order valence-corrected chi connectivity index (χ1v) is 5.80. The molecule has 0 radical (unpaired) electrons. The number of aliphatic hydroxyl groups is 1. The van der Waals surface area contributed by atoms with E-state index in [1.54, 1.807) is 0 Å². The summed E-state index contributed by atoms with van der Waals surface area (Å²) in [5.41, 5.74) is -0.378. The summed E-state index contributed by atoms with van der Waals surface area (Å²) >= 11 is 3.00. The summed E-state index contributed by atoms with van der Waals surface area (Å²) in [6.45, 7) is -0.642. The Morgan fingerprint density at radius 2 is 2.11 bits per heavy atom. The van der Waals surface area contributed by atoms with Gasteiger partial charge in [0.15, 0.2) is 0 Å². The van der Waals surface area contributed by atoms with Crippen molar-refractivity contribution in [3.05, 3.63) is 38.3 Å². The first-order valence-electron chi connectivity index (χ1n) is 5.00. The highest BCUT2D eigenvalue weighted by molar-refractivity contribution is 9.10. The van der Waals surface area contributed by atoms with Gasteiger partial charge in [-0.15, -0.1) is 0 Å². The van der Waals surface area contributed by atoms with Gasteiger partial charge < -0.3 is 10.4 Å². The van der Waals surface area contributed by atoms with Gasteiger partial charge in [-0.05, 0) is 6.07 Å². The maximum absolute atomic E-state index is 12.0. The third-order valence-corrected chi connectivity index (χ3v) is 2.58. The lowest BCUT2D eigenvalue weighted by Crippen LogP contribution is -2.35. The third kappa shape index (κ3) is 4.52. The standard InChI is InChI=1S/C10H9BrF2N2O4/c11-6-1-5(2-7(3-6)15(18)19)10(17)14-4-8(16)9(12)13/h1-3,8-9,16H,4H2,(H,14,17). The third-order valence-electron chi connectivity index (χ3n) is 2.12. The van der Waals surface area contributed by atoms with Crippen molar-refractivity contribution >= 4 is 27.5 Å². The smallest absolute Gasteiger partial charge is 0.271 e. The van der Waals surface area contributed by atoms with Gasteiger partial charge in [-0.3, -0.25) is 14.9 Å². The molecule has 1 rings (SSSR count).